The van der Waals surface area contributed by atoms with Crippen LogP contribution >= 0.6 is 0 Å². The monoisotopic (exact) mass is 279 g/mol. The number of carboxylic acid groups (broad SMARTS) is 1. The van der Waals surface area contributed by atoms with Crippen molar-refractivity contribution in [2.24, 2.45) is 0 Å². The minimum absolute atomic E-state index is 0.233. The average molecular weight is 279 g/mol. The molecule has 1 aliphatic rings. The van der Waals surface area contributed by atoms with Crippen LogP contribution in [0.3, 0.4) is 0 Å². The zero-order valence-electron chi connectivity index (χ0n) is 11.2. The van der Waals surface area contributed by atoms with Crippen LogP contribution in [0.15, 0.2) is 18.2 Å². The molecule has 6 heteroatoms. The molecule has 1 aliphatic heterocycles. The molecule has 1 aromatic carbocycles. The Hall–Kier alpha value is -2.24. The molecular weight excluding hydrogens is 262 g/mol. The Morgan fingerprint density at radius 1 is 1.30 bits per heavy atom. The third-order valence-electron chi connectivity index (χ3n) is 3.00. The highest BCUT2D eigenvalue weighted by Crippen LogP contribution is 2.30. The fraction of sp³-hybridized carbons (Fsp3) is 0.429. The maximum absolute atomic E-state index is 11.6. The van der Waals surface area contributed by atoms with E-state index in [0.717, 1.165) is 5.56 Å². The Morgan fingerprint density at radius 3 is 2.70 bits per heavy atom. The highest BCUT2D eigenvalue weighted by atomic mass is 16.6. The Labute approximate surface area is 116 Å². The van der Waals surface area contributed by atoms with Crippen LogP contribution in [-0.2, 0) is 16.0 Å². The molecule has 6 nitrogen and oxygen atoms in total. The van der Waals surface area contributed by atoms with Gasteiger partial charge in [-0.25, -0.2) is 0 Å². The molecule has 0 aromatic heterocycles. The molecule has 0 saturated heterocycles. The number of nitrogens with one attached hydrogen (secondary N) is 1. The molecule has 0 bridgehead atoms. The van der Waals surface area contributed by atoms with Gasteiger partial charge in [0.05, 0.1) is 0 Å². The summed E-state index contributed by atoms with van der Waals surface area (Å²) >= 11 is 0. The number of benzene rings is 1. The van der Waals surface area contributed by atoms with Crippen molar-refractivity contribution in [3.63, 3.8) is 0 Å². The largest absolute Gasteiger partial charge is 0.486 e. The Balaban J connectivity index is 1.88. The standard InChI is InChI=1S/C14H17NO5/c1-9(14(17)18)15-13(16)5-3-10-2-4-11-12(8-10)20-7-6-19-11/h2,4,8-9H,3,5-7H2,1H3,(H,15,16)(H,17,18). The number of rotatable bonds is 5. The quantitative estimate of drug-likeness (QED) is 0.839. The summed E-state index contributed by atoms with van der Waals surface area (Å²) in [7, 11) is 0. The van der Waals surface area contributed by atoms with Crippen LogP contribution in [0.1, 0.15) is 18.9 Å². The molecule has 0 radical (unpaired) electrons. The summed E-state index contributed by atoms with van der Waals surface area (Å²) in [6, 6.07) is 4.67. The number of hydrogen-bond acceptors (Lipinski definition) is 4. The van der Waals surface area contributed by atoms with Gasteiger partial charge in [-0.15, -0.1) is 0 Å². The van der Waals surface area contributed by atoms with Gasteiger partial charge in [0.2, 0.25) is 5.91 Å². The van der Waals surface area contributed by atoms with Crippen molar-refractivity contribution in [1.82, 2.24) is 5.32 Å². The van der Waals surface area contributed by atoms with Gasteiger partial charge in [0.15, 0.2) is 11.5 Å². The minimum atomic E-state index is -1.04. The van der Waals surface area contributed by atoms with Crippen LogP contribution in [0.5, 0.6) is 11.5 Å². The van der Waals surface area contributed by atoms with E-state index in [1.165, 1.54) is 6.92 Å². The Morgan fingerprint density at radius 2 is 2.00 bits per heavy atom. The number of aliphatic carboxylic acids is 1. The van der Waals surface area contributed by atoms with Crippen molar-refractivity contribution in [1.29, 1.82) is 0 Å². The highest BCUT2D eigenvalue weighted by Gasteiger charge is 2.15. The second-order valence-electron chi connectivity index (χ2n) is 4.61. The lowest BCUT2D eigenvalue weighted by atomic mass is 10.1. The van der Waals surface area contributed by atoms with E-state index in [0.29, 0.717) is 31.1 Å². The fourth-order valence-corrected chi connectivity index (χ4v) is 1.88. The van der Waals surface area contributed by atoms with E-state index in [9.17, 15) is 9.59 Å². The highest BCUT2D eigenvalue weighted by molar-refractivity contribution is 5.83. The lowest BCUT2D eigenvalue weighted by molar-refractivity contribution is -0.141. The van der Waals surface area contributed by atoms with Gasteiger partial charge in [0.1, 0.15) is 19.3 Å². The summed E-state index contributed by atoms with van der Waals surface area (Å²) in [4.78, 5) is 22.2. The number of hydrogen-bond donors (Lipinski definition) is 2. The molecule has 20 heavy (non-hydrogen) atoms. The first-order valence-electron chi connectivity index (χ1n) is 6.47. The third-order valence-corrected chi connectivity index (χ3v) is 3.00. The number of fused-ring (bicyclic) bond motifs is 1. The summed E-state index contributed by atoms with van der Waals surface area (Å²) in [6.07, 6.45) is 0.756. The average Bonchev–Trinajstić information content (AvgIpc) is 2.44. The summed E-state index contributed by atoms with van der Waals surface area (Å²) in [5.41, 5.74) is 0.951. The van der Waals surface area contributed by atoms with E-state index >= 15 is 0 Å². The molecule has 0 aliphatic carbocycles. The maximum atomic E-state index is 11.6. The molecule has 1 atom stereocenters. The number of carbonyl (C=O) groups is 2. The third kappa shape index (κ3) is 3.63. The molecule has 2 N–H and O–H groups in total. The van der Waals surface area contributed by atoms with Crippen LogP contribution in [0.25, 0.3) is 0 Å². The van der Waals surface area contributed by atoms with Gasteiger partial charge >= 0.3 is 5.97 Å². The number of ether oxygens (including phenoxy) is 2. The van der Waals surface area contributed by atoms with Gasteiger partial charge in [-0.1, -0.05) is 6.07 Å². The van der Waals surface area contributed by atoms with Crippen LogP contribution in [0.2, 0.25) is 0 Å². The Bertz CT molecular complexity index is 514. The van der Waals surface area contributed by atoms with Crippen LogP contribution in [0, 0.1) is 0 Å². The van der Waals surface area contributed by atoms with Crippen molar-refractivity contribution in [3.8, 4) is 11.5 Å². The van der Waals surface area contributed by atoms with Crippen molar-refractivity contribution in [2.75, 3.05) is 13.2 Å². The predicted molar refractivity (Wildman–Crippen MR) is 71.0 cm³/mol. The van der Waals surface area contributed by atoms with Gasteiger partial charge in [0, 0.05) is 6.42 Å². The van der Waals surface area contributed by atoms with Gasteiger partial charge in [-0.3, -0.25) is 9.59 Å². The lowest BCUT2D eigenvalue weighted by Crippen LogP contribution is -2.38. The predicted octanol–water partition coefficient (Wildman–Crippen LogP) is 0.980. The van der Waals surface area contributed by atoms with Crippen LogP contribution < -0.4 is 14.8 Å². The van der Waals surface area contributed by atoms with Gasteiger partial charge in [-0.05, 0) is 31.0 Å². The second kappa shape index (κ2) is 6.27. The summed E-state index contributed by atoms with van der Waals surface area (Å²) in [5.74, 6) is 0.0736. The maximum Gasteiger partial charge on any atom is 0.325 e. The molecular formula is C14H17NO5. The zero-order chi connectivity index (χ0) is 14.5. The van der Waals surface area contributed by atoms with E-state index < -0.39 is 12.0 Å². The van der Waals surface area contributed by atoms with Gasteiger partial charge in [-0.2, -0.15) is 0 Å². The topological polar surface area (TPSA) is 84.9 Å². The summed E-state index contributed by atoms with van der Waals surface area (Å²) in [6.45, 7) is 2.50. The Kier molecular flexibility index (Phi) is 4.45. The first-order valence-corrected chi connectivity index (χ1v) is 6.47. The van der Waals surface area contributed by atoms with Crippen molar-refractivity contribution in [3.05, 3.63) is 23.8 Å². The number of amides is 1. The molecule has 1 heterocycles. The molecule has 0 fully saturated rings. The van der Waals surface area contributed by atoms with E-state index in [-0.39, 0.29) is 12.3 Å². The van der Waals surface area contributed by atoms with Gasteiger partial charge in [0.25, 0.3) is 0 Å². The number of carbonyl (C=O) groups excluding carboxylic acids is 1. The summed E-state index contributed by atoms with van der Waals surface area (Å²) in [5, 5.41) is 11.1. The normalized spacial score (nSPS) is 14.4. The molecule has 1 unspecified atom stereocenters. The molecule has 1 aromatic rings. The SMILES string of the molecule is CC(NC(=O)CCc1ccc2c(c1)OCCO2)C(=O)O. The first kappa shape index (κ1) is 14.2. The lowest BCUT2D eigenvalue weighted by Gasteiger charge is -2.18. The molecule has 0 saturated carbocycles. The molecule has 2 rings (SSSR count). The zero-order valence-corrected chi connectivity index (χ0v) is 11.2. The van der Waals surface area contributed by atoms with E-state index in [1.807, 2.05) is 18.2 Å². The minimum Gasteiger partial charge on any atom is -0.486 e. The first-order chi connectivity index (χ1) is 9.56. The summed E-state index contributed by atoms with van der Waals surface area (Å²) < 4.78 is 10.9. The van der Waals surface area contributed by atoms with Crippen molar-refractivity contribution < 1.29 is 24.2 Å². The van der Waals surface area contributed by atoms with E-state index in [1.54, 1.807) is 0 Å². The molecule has 0 spiro atoms. The fourth-order valence-electron chi connectivity index (χ4n) is 1.88. The van der Waals surface area contributed by atoms with E-state index in [2.05, 4.69) is 5.32 Å². The van der Waals surface area contributed by atoms with Crippen LogP contribution in [-0.4, -0.2) is 36.2 Å². The van der Waals surface area contributed by atoms with E-state index in [4.69, 9.17) is 14.6 Å². The number of carboxylic acids is 1. The number of aryl methyl sites for hydroxylation is 1. The van der Waals surface area contributed by atoms with Crippen molar-refractivity contribution >= 4 is 11.9 Å². The molecule has 108 valence electrons. The van der Waals surface area contributed by atoms with Crippen LogP contribution in [0.4, 0.5) is 0 Å². The molecule has 1 amide bonds. The smallest absolute Gasteiger partial charge is 0.325 e. The second-order valence-corrected chi connectivity index (χ2v) is 4.61. The van der Waals surface area contributed by atoms with Crippen molar-refractivity contribution in [2.45, 2.75) is 25.8 Å². The van der Waals surface area contributed by atoms with Gasteiger partial charge < -0.3 is 19.9 Å².